The van der Waals surface area contributed by atoms with E-state index in [1.165, 1.54) is 38.3 Å². The van der Waals surface area contributed by atoms with Gasteiger partial charge in [-0.1, -0.05) is 29.8 Å². The number of carbonyl (C=O) groups excluding carboxylic acids is 5. The molecule has 40 heavy (non-hydrogen) atoms. The summed E-state index contributed by atoms with van der Waals surface area (Å²) in [6.07, 6.45) is -0.635. The van der Waals surface area contributed by atoms with E-state index in [-0.39, 0.29) is 42.3 Å². The van der Waals surface area contributed by atoms with Crippen molar-refractivity contribution in [3.05, 3.63) is 95.1 Å². The molecule has 1 amide bonds. The number of ether oxygens (including phenoxy) is 3. The van der Waals surface area contributed by atoms with Crippen LogP contribution in [0.15, 0.2) is 72.8 Å². The van der Waals surface area contributed by atoms with Gasteiger partial charge in [0.2, 0.25) is 11.7 Å². The van der Waals surface area contributed by atoms with Gasteiger partial charge in [0.1, 0.15) is 5.75 Å². The van der Waals surface area contributed by atoms with Crippen molar-refractivity contribution in [3.8, 4) is 5.75 Å². The summed E-state index contributed by atoms with van der Waals surface area (Å²) < 4.78 is 15.4. The predicted molar refractivity (Wildman–Crippen MR) is 148 cm³/mol. The Morgan fingerprint density at radius 2 is 1.38 bits per heavy atom. The number of Topliss-reactive ketones (excluding diaryl/α,β-unsaturated/α-hetero) is 2. The molecule has 3 rings (SSSR count). The molecule has 1 N–H and O–H groups in total. The summed E-state index contributed by atoms with van der Waals surface area (Å²) in [5, 5.41) is 2.69. The normalized spacial score (nSPS) is 11.2. The van der Waals surface area contributed by atoms with Gasteiger partial charge in [-0.2, -0.15) is 0 Å². The molecule has 3 aromatic carbocycles. The van der Waals surface area contributed by atoms with Gasteiger partial charge in [0, 0.05) is 29.7 Å². The van der Waals surface area contributed by atoms with Crippen LogP contribution in [0.1, 0.15) is 62.8 Å². The molecule has 1 unspecified atom stereocenters. The van der Waals surface area contributed by atoms with Crippen LogP contribution in [0.25, 0.3) is 0 Å². The molecule has 0 radical (unpaired) electrons. The molecule has 0 heterocycles. The first-order valence-electron chi connectivity index (χ1n) is 12.7. The van der Waals surface area contributed by atoms with Crippen LogP contribution in [0, 0.1) is 6.92 Å². The Kier molecular flexibility index (Phi) is 10.7. The number of benzene rings is 3. The van der Waals surface area contributed by atoms with Crippen molar-refractivity contribution in [2.45, 2.75) is 39.2 Å². The van der Waals surface area contributed by atoms with E-state index < -0.39 is 24.6 Å². The van der Waals surface area contributed by atoms with Gasteiger partial charge in [-0.25, -0.2) is 4.79 Å². The Bertz CT molecular complexity index is 1350. The summed E-state index contributed by atoms with van der Waals surface area (Å²) in [4.78, 5) is 61.3. The minimum atomic E-state index is -0.921. The molecule has 0 aliphatic carbocycles. The van der Waals surface area contributed by atoms with E-state index in [0.717, 1.165) is 5.56 Å². The van der Waals surface area contributed by atoms with Gasteiger partial charge in [0.05, 0.1) is 12.7 Å². The highest BCUT2D eigenvalue weighted by atomic mass is 16.5. The molecule has 0 bridgehead atoms. The molecule has 0 aliphatic heterocycles. The molecule has 208 valence electrons. The number of hydrogen-bond acceptors (Lipinski definition) is 8. The molecular weight excluding hydrogens is 514 g/mol. The van der Waals surface area contributed by atoms with Gasteiger partial charge in [-0.3, -0.25) is 19.2 Å². The largest absolute Gasteiger partial charge is 0.497 e. The zero-order valence-electron chi connectivity index (χ0n) is 22.6. The molecule has 0 saturated carbocycles. The fourth-order valence-corrected chi connectivity index (χ4v) is 3.64. The summed E-state index contributed by atoms with van der Waals surface area (Å²) in [7, 11) is 1.52. The highest BCUT2D eigenvalue weighted by molar-refractivity contribution is 6.00. The monoisotopic (exact) mass is 545 g/mol. The maximum atomic E-state index is 12.4. The third-order valence-electron chi connectivity index (χ3n) is 5.95. The zero-order chi connectivity index (χ0) is 29.1. The van der Waals surface area contributed by atoms with Crippen molar-refractivity contribution in [2.75, 3.05) is 19.0 Å². The summed E-state index contributed by atoms with van der Waals surface area (Å²) in [6, 6.07) is 19.5. The summed E-state index contributed by atoms with van der Waals surface area (Å²) in [6.45, 7) is 3.02. The highest BCUT2D eigenvalue weighted by Crippen LogP contribution is 2.15. The van der Waals surface area contributed by atoms with E-state index in [4.69, 9.17) is 14.2 Å². The molecule has 1 atom stereocenters. The van der Waals surface area contributed by atoms with Crippen molar-refractivity contribution >= 4 is 35.1 Å². The molecule has 9 heteroatoms. The smallest absolute Gasteiger partial charge is 0.338 e. The molecule has 0 aliphatic rings. The fourth-order valence-electron chi connectivity index (χ4n) is 3.64. The molecule has 0 aromatic heterocycles. The van der Waals surface area contributed by atoms with Gasteiger partial charge in [-0.05, 0) is 68.8 Å². The number of hydrogen-bond donors (Lipinski definition) is 1. The average molecular weight is 546 g/mol. The van der Waals surface area contributed by atoms with Crippen molar-refractivity contribution in [1.29, 1.82) is 0 Å². The Balaban J connectivity index is 1.37. The number of rotatable bonds is 13. The number of aryl methyl sites for hydroxylation is 1. The molecule has 0 spiro atoms. The fraction of sp³-hybridized carbons (Fsp3) is 0.258. The molecule has 0 fully saturated rings. The Hall–Kier alpha value is -4.79. The van der Waals surface area contributed by atoms with Crippen LogP contribution in [0.2, 0.25) is 0 Å². The highest BCUT2D eigenvalue weighted by Gasteiger charge is 2.19. The third-order valence-corrected chi connectivity index (χ3v) is 5.95. The van der Waals surface area contributed by atoms with E-state index in [0.29, 0.717) is 22.6 Å². The van der Waals surface area contributed by atoms with Crippen molar-refractivity contribution in [3.63, 3.8) is 0 Å². The first-order valence-corrected chi connectivity index (χ1v) is 12.7. The third kappa shape index (κ3) is 8.90. The topological polar surface area (TPSA) is 125 Å². The first kappa shape index (κ1) is 29.8. The van der Waals surface area contributed by atoms with Crippen LogP contribution < -0.4 is 10.1 Å². The van der Waals surface area contributed by atoms with E-state index in [1.807, 2.05) is 19.1 Å². The number of anilines is 1. The molecule has 3 aromatic rings. The molecule has 9 nitrogen and oxygen atoms in total. The maximum absolute atomic E-state index is 12.4. The zero-order valence-corrected chi connectivity index (χ0v) is 22.6. The second-order valence-electron chi connectivity index (χ2n) is 9.07. The maximum Gasteiger partial charge on any atom is 0.338 e. The lowest BCUT2D eigenvalue weighted by molar-refractivity contribution is -0.146. The summed E-state index contributed by atoms with van der Waals surface area (Å²) in [5.74, 6) is -1.59. The Morgan fingerprint density at radius 1 is 0.775 bits per heavy atom. The van der Waals surface area contributed by atoms with Crippen LogP contribution in [-0.2, 0) is 19.1 Å². The SMILES string of the molecule is COc1ccc(C(=O)COC(=O)c2ccc(NC(=O)CCCC(=O)OC(C)C(=O)c3ccc(C)cc3)cc2)cc1. The van der Waals surface area contributed by atoms with E-state index in [2.05, 4.69) is 5.32 Å². The van der Waals surface area contributed by atoms with Crippen LogP contribution >= 0.6 is 0 Å². The van der Waals surface area contributed by atoms with Crippen LogP contribution in [0.3, 0.4) is 0 Å². The van der Waals surface area contributed by atoms with Gasteiger partial charge >= 0.3 is 11.9 Å². The van der Waals surface area contributed by atoms with Crippen molar-refractivity contribution in [1.82, 2.24) is 0 Å². The van der Waals surface area contributed by atoms with Gasteiger partial charge in [0.25, 0.3) is 0 Å². The number of carbonyl (C=O) groups is 5. The van der Waals surface area contributed by atoms with Gasteiger partial charge in [0.15, 0.2) is 18.5 Å². The quantitative estimate of drug-likeness (QED) is 0.236. The van der Waals surface area contributed by atoms with E-state index >= 15 is 0 Å². The molecular formula is C31H31NO8. The van der Waals surface area contributed by atoms with Crippen molar-refractivity contribution in [2.24, 2.45) is 0 Å². The van der Waals surface area contributed by atoms with Crippen molar-refractivity contribution < 1.29 is 38.2 Å². The number of methoxy groups -OCH3 is 1. The Morgan fingerprint density at radius 3 is 2.00 bits per heavy atom. The number of amides is 1. The number of nitrogens with one attached hydrogen (secondary N) is 1. The minimum absolute atomic E-state index is 0.0149. The summed E-state index contributed by atoms with van der Waals surface area (Å²) >= 11 is 0. The van der Waals surface area contributed by atoms with Gasteiger partial charge in [-0.15, -0.1) is 0 Å². The van der Waals surface area contributed by atoms with Crippen LogP contribution in [0.5, 0.6) is 5.75 Å². The lowest BCUT2D eigenvalue weighted by Crippen LogP contribution is -2.24. The Labute approximate surface area is 232 Å². The lowest BCUT2D eigenvalue weighted by Gasteiger charge is -2.12. The summed E-state index contributed by atoms with van der Waals surface area (Å²) in [5.41, 5.74) is 2.55. The first-order chi connectivity index (χ1) is 19.2. The van der Waals surface area contributed by atoms with Crippen LogP contribution in [0.4, 0.5) is 5.69 Å². The minimum Gasteiger partial charge on any atom is -0.497 e. The lowest BCUT2D eigenvalue weighted by atomic mass is 10.1. The standard InChI is InChI=1S/C31H31NO8/c1-20-7-9-23(10-8-20)30(36)21(2)40-29(35)6-4-5-28(34)32-25-15-11-24(12-16-25)31(37)39-19-27(33)22-13-17-26(38-3)18-14-22/h7-18,21H,4-6,19H2,1-3H3,(H,32,34). The van der Waals surface area contributed by atoms with Crippen LogP contribution in [-0.4, -0.2) is 49.2 Å². The number of ketones is 2. The average Bonchev–Trinajstić information content (AvgIpc) is 2.96. The second kappa shape index (κ2) is 14.4. The molecule has 0 saturated heterocycles. The van der Waals surface area contributed by atoms with E-state index in [9.17, 15) is 24.0 Å². The van der Waals surface area contributed by atoms with E-state index in [1.54, 1.807) is 36.4 Å². The van der Waals surface area contributed by atoms with Gasteiger partial charge < -0.3 is 19.5 Å². The predicted octanol–water partition coefficient (Wildman–Crippen LogP) is 4.97. The second-order valence-corrected chi connectivity index (χ2v) is 9.07. The number of esters is 2.